The Morgan fingerprint density at radius 3 is 1.51 bits per heavy atom. The van der Waals surface area contributed by atoms with Crippen LogP contribution in [0.2, 0.25) is 13.1 Å². The summed E-state index contributed by atoms with van der Waals surface area (Å²) in [5.41, 5.74) is 22.0. The van der Waals surface area contributed by atoms with Crippen LogP contribution in [0.3, 0.4) is 0 Å². The van der Waals surface area contributed by atoms with Gasteiger partial charge in [-0.15, -0.1) is 0 Å². The number of ether oxygens (including phenoxy) is 1. The molecule has 55 heavy (non-hydrogen) atoms. The average Bonchev–Trinajstić information content (AvgIpc) is 3.76. The van der Waals surface area contributed by atoms with Crippen molar-refractivity contribution in [2.75, 3.05) is 7.11 Å². The fourth-order valence-corrected chi connectivity index (χ4v) is 38.9. The zero-order valence-electron chi connectivity index (χ0n) is 35.9. The van der Waals surface area contributed by atoms with Crippen LogP contribution < -0.4 is 29.6 Å². The minimum atomic E-state index is -2.57. The van der Waals surface area contributed by atoms with Gasteiger partial charge >= 0.3 is 332 Å². The fourth-order valence-electron chi connectivity index (χ4n) is 9.61. The summed E-state index contributed by atoms with van der Waals surface area (Å²) in [7, 11) is 1.88. The molecule has 0 aromatic heterocycles. The molecule has 0 fully saturated rings. The molecule has 0 aliphatic heterocycles. The van der Waals surface area contributed by atoms with Gasteiger partial charge in [0, 0.05) is 0 Å². The van der Waals surface area contributed by atoms with Gasteiger partial charge in [-0.25, -0.2) is 0 Å². The Hall–Kier alpha value is -2.17. The van der Waals surface area contributed by atoms with Crippen LogP contribution in [0.15, 0.2) is 71.8 Å². The first kappa shape index (κ1) is 43.9. The number of fused-ring (bicyclic) bond motifs is 3. The minimum absolute atomic E-state index is 0. The largest absolute Gasteiger partial charge is 1.00 e. The summed E-state index contributed by atoms with van der Waals surface area (Å²) < 4.78 is 7.62. The number of allylic oxidation sites excluding steroid dienone is 2. The van der Waals surface area contributed by atoms with Crippen LogP contribution in [0, 0.1) is 0 Å². The summed E-state index contributed by atoms with van der Waals surface area (Å²) in [6.07, 6.45) is 8.92. The van der Waals surface area contributed by atoms with E-state index in [0.717, 1.165) is 5.75 Å². The van der Waals surface area contributed by atoms with Crippen LogP contribution in [0.1, 0.15) is 140 Å². The summed E-state index contributed by atoms with van der Waals surface area (Å²) in [4.78, 5) is 0. The molecule has 290 valence electrons. The van der Waals surface area contributed by atoms with Crippen LogP contribution >= 0.6 is 0 Å². The summed E-state index contributed by atoms with van der Waals surface area (Å²) in [5, 5.41) is 0. The summed E-state index contributed by atoms with van der Waals surface area (Å²) in [5.74, 6) is 1.05. The van der Waals surface area contributed by atoms with Crippen molar-refractivity contribution in [2.45, 2.75) is 132 Å². The summed E-state index contributed by atoms with van der Waals surface area (Å²) in [6.45, 7) is 31.3. The predicted molar refractivity (Wildman–Crippen MR) is 229 cm³/mol. The monoisotopic (exact) mass is 956 g/mol. The Morgan fingerprint density at radius 1 is 0.618 bits per heavy atom. The fraction of sp³-hybridized carbons (Fsp3) is 0.440. The van der Waals surface area contributed by atoms with Gasteiger partial charge < -0.3 is 24.8 Å². The molecule has 4 aromatic rings. The molecule has 0 amide bonds. The van der Waals surface area contributed by atoms with Gasteiger partial charge in [-0.1, -0.05) is 0 Å². The number of hydrogen-bond donors (Lipinski definition) is 0. The van der Waals surface area contributed by atoms with Gasteiger partial charge in [0.15, 0.2) is 0 Å². The van der Waals surface area contributed by atoms with Crippen LogP contribution in [0.5, 0.6) is 5.75 Å². The molecule has 4 aromatic carbocycles. The van der Waals surface area contributed by atoms with Gasteiger partial charge in [0.1, 0.15) is 0 Å². The van der Waals surface area contributed by atoms with Crippen molar-refractivity contribution in [3.63, 3.8) is 0 Å². The van der Waals surface area contributed by atoms with Gasteiger partial charge in [0.25, 0.3) is 0 Å². The first-order chi connectivity index (χ1) is 24.8. The summed E-state index contributed by atoms with van der Waals surface area (Å²) in [6, 6.07) is 24.3. The molecule has 3 aliphatic rings. The smallest absolute Gasteiger partial charge is 1.00 e. The van der Waals surface area contributed by atoms with Crippen LogP contribution in [0.25, 0.3) is 34.4 Å². The zero-order chi connectivity index (χ0) is 38.4. The van der Waals surface area contributed by atoms with Gasteiger partial charge in [0.2, 0.25) is 0 Å². The maximum atomic E-state index is 6.43. The van der Waals surface area contributed by atoms with Crippen molar-refractivity contribution in [1.82, 2.24) is 0 Å². The molecule has 2 atom stereocenters. The Balaban J connectivity index is 0.00000290. The van der Waals surface area contributed by atoms with Crippen LogP contribution in [-0.2, 0) is 49.1 Å². The van der Waals surface area contributed by atoms with Crippen molar-refractivity contribution in [3.05, 3.63) is 122 Å². The van der Waals surface area contributed by atoms with E-state index in [1.54, 1.807) is 44.5 Å². The molecular weight excluding hydrogens is 894 g/mol. The van der Waals surface area contributed by atoms with Crippen molar-refractivity contribution < 1.29 is 49.6 Å². The molecule has 7 rings (SSSR count). The molecule has 0 spiro atoms. The molecule has 0 bridgehead atoms. The van der Waals surface area contributed by atoms with E-state index in [1.807, 2.05) is 7.11 Å². The normalized spacial score (nSPS) is 17.2. The summed E-state index contributed by atoms with van der Waals surface area (Å²) >= 11 is -2.57. The molecule has 1 nitrogen and oxygen atoms in total. The Kier molecular flexibility index (Phi) is 12.7. The van der Waals surface area contributed by atoms with Gasteiger partial charge in [-0.2, -0.15) is 0 Å². The zero-order valence-corrected chi connectivity index (χ0v) is 42.0. The maximum absolute atomic E-state index is 6.43. The van der Waals surface area contributed by atoms with Gasteiger partial charge in [-0.05, 0) is 0 Å². The van der Waals surface area contributed by atoms with E-state index in [9.17, 15) is 0 Å². The van der Waals surface area contributed by atoms with Crippen molar-refractivity contribution in [3.8, 4) is 28.0 Å². The minimum Gasteiger partial charge on any atom is -1.00 e. The molecular formula is C50H62Cl2HfOSi. The van der Waals surface area contributed by atoms with Gasteiger partial charge in [0.05, 0.1) is 0 Å². The molecule has 0 heterocycles. The van der Waals surface area contributed by atoms with E-state index in [1.165, 1.54) is 58.2 Å². The molecule has 0 saturated carbocycles. The quantitative estimate of drug-likeness (QED) is 0.185. The standard InChI is InChI=1S/C25H31O.C23H25.C2H6Si.2ClH.Hf/c1-16-13-18-15-21(25(5,6)7)23(26-8)22(20(18)14-16)17-9-11-19(12-10-17)24(2,3)4;1-15-12-18-14-17-6-5-7-20(17)22(21(18)13-15)16-8-10-19(11-9-16)23(2,3)4;1-3-2;;;/h9-15H,1-8H3;8-14H,5-7H2,1-4H3;1-2H3;2*1H;/q;;;;;+2/p-2. The van der Waals surface area contributed by atoms with Crippen LogP contribution in [0.4, 0.5) is 0 Å². The second-order valence-corrected chi connectivity index (χ2v) is 44.5. The molecule has 5 heteroatoms. The third-order valence-corrected chi connectivity index (χ3v) is 40.7. The number of rotatable bonds is 5. The third-order valence-electron chi connectivity index (χ3n) is 12.4. The third kappa shape index (κ3) is 7.87. The number of benzene rings is 4. The number of halogens is 2. The Labute approximate surface area is 353 Å². The number of methoxy groups -OCH3 is 1. The van der Waals surface area contributed by atoms with E-state index in [2.05, 4.69) is 162 Å². The van der Waals surface area contributed by atoms with Crippen molar-refractivity contribution >= 4 is 17.6 Å². The Morgan fingerprint density at radius 2 is 1.07 bits per heavy atom. The average molecular weight is 957 g/mol. The van der Waals surface area contributed by atoms with Crippen molar-refractivity contribution in [1.29, 1.82) is 0 Å². The molecule has 0 saturated heterocycles. The maximum Gasteiger partial charge on any atom is -1.00 e. The SMILES string of the molecule is COc1c(C(C)(C)C)cc2c(c1-c1ccc(C(C)(C)C)cc1)C=C(C)[CH]2[Hf+2]([CH]1C(C)=Cc2c1cc1c(c2-c2ccc(C(C)(C)C)cc2)CCC1)=[Si](C)C.[Cl-].[Cl-]. The first-order valence-corrected chi connectivity index (χ1v) is 32.0. The molecule has 3 aliphatic carbocycles. The van der Waals surface area contributed by atoms with E-state index in [4.69, 9.17) is 4.74 Å². The topological polar surface area (TPSA) is 9.23 Å². The van der Waals surface area contributed by atoms with E-state index in [0.29, 0.717) is 7.35 Å². The Bertz CT molecular complexity index is 2210. The number of aryl methyl sites for hydroxylation is 1. The molecule has 0 N–H and O–H groups in total. The second kappa shape index (κ2) is 15.9. The van der Waals surface area contributed by atoms with E-state index < -0.39 is 25.6 Å². The molecule has 0 radical (unpaired) electrons. The van der Waals surface area contributed by atoms with Gasteiger partial charge in [-0.3, -0.25) is 0 Å². The van der Waals surface area contributed by atoms with Crippen molar-refractivity contribution in [2.24, 2.45) is 0 Å². The molecule has 2 unspecified atom stereocenters. The number of hydrogen-bond acceptors (Lipinski definition) is 1. The van der Waals surface area contributed by atoms with E-state index >= 15 is 0 Å². The first-order valence-electron chi connectivity index (χ1n) is 20.0. The van der Waals surface area contributed by atoms with Crippen LogP contribution in [-0.4, -0.2) is 12.6 Å². The second-order valence-electron chi connectivity index (χ2n) is 19.6. The van der Waals surface area contributed by atoms with E-state index in [-0.39, 0.29) is 41.1 Å². The predicted octanol–water partition coefficient (Wildman–Crippen LogP) is 7.90.